The molecule has 5 nitrogen and oxygen atoms in total. The number of amides is 1. The molecule has 20 heavy (non-hydrogen) atoms. The van der Waals surface area contributed by atoms with Gasteiger partial charge in [-0.3, -0.25) is 4.79 Å². The van der Waals surface area contributed by atoms with Crippen molar-refractivity contribution in [2.75, 3.05) is 11.5 Å². The molecule has 0 saturated carbocycles. The molecule has 1 aromatic carbocycles. The number of aryl methyl sites for hydroxylation is 1. The fourth-order valence-corrected chi connectivity index (χ4v) is 3.15. The van der Waals surface area contributed by atoms with E-state index >= 15 is 0 Å². The minimum absolute atomic E-state index is 0.113. The molecule has 0 heterocycles. The SMILES string of the molecule is CCC(C)(C)NC(=O)CS(=O)(=O)c1cc(N)ccc1C. The molecule has 0 bridgehead atoms. The summed E-state index contributed by atoms with van der Waals surface area (Å²) in [5.74, 6) is -1.07. The maximum absolute atomic E-state index is 12.3. The Morgan fingerprint density at radius 1 is 1.35 bits per heavy atom. The monoisotopic (exact) mass is 298 g/mol. The lowest BCUT2D eigenvalue weighted by molar-refractivity contribution is -0.120. The predicted molar refractivity (Wildman–Crippen MR) is 80.2 cm³/mol. The van der Waals surface area contributed by atoms with E-state index in [2.05, 4.69) is 5.32 Å². The lowest BCUT2D eigenvalue weighted by atomic mass is 10.0. The van der Waals surface area contributed by atoms with Gasteiger partial charge in [0.15, 0.2) is 9.84 Å². The first-order valence-corrected chi connectivity index (χ1v) is 8.12. The number of benzene rings is 1. The Morgan fingerprint density at radius 2 is 1.95 bits per heavy atom. The number of nitrogens with one attached hydrogen (secondary N) is 1. The molecule has 0 aliphatic rings. The van der Waals surface area contributed by atoms with E-state index in [-0.39, 0.29) is 4.90 Å². The highest BCUT2D eigenvalue weighted by molar-refractivity contribution is 7.92. The number of anilines is 1. The zero-order chi connectivity index (χ0) is 15.6. The van der Waals surface area contributed by atoms with Crippen molar-refractivity contribution < 1.29 is 13.2 Å². The van der Waals surface area contributed by atoms with Gasteiger partial charge in [0.1, 0.15) is 5.75 Å². The van der Waals surface area contributed by atoms with E-state index in [0.29, 0.717) is 11.3 Å². The molecule has 112 valence electrons. The summed E-state index contributed by atoms with van der Waals surface area (Å²) in [6, 6.07) is 4.66. The Labute approximate surface area is 120 Å². The Kier molecular flexibility index (Phi) is 4.81. The normalized spacial score (nSPS) is 12.2. The molecule has 0 atom stereocenters. The summed E-state index contributed by atoms with van der Waals surface area (Å²) < 4.78 is 24.5. The zero-order valence-electron chi connectivity index (χ0n) is 12.4. The van der Waals surface area contributed by atoms with Crippen LogP contribution in [0.5, 0.6) is 0 Å². The topological polar surface area (TPSA) is 89.3 Å². The lowest BCUT2D eigenvalue weighted by Crippen LogP contribution is -2.45. The van der Waals surface area contributed by atoms with Crippen molar-refractivity contribution in [2.45, 2.75) is 44.6 Å². The Hall–Kier alpha value is -1.56. The van der Waals surface area contributed by atoms with Crippen LogP contribution in [0, 0.1) is 6.92 Å². The maximum Gasteiger partial charge on any atom is 0.235 e. The summed E-state index contributed by atoms with van der Waals surface area (Å²) in [6.45, 7) is 7.31. The van der Waals surface area contributed by atoms with Crippen molar-refractivity contribution >= 4 is 21.4 Å². The number of hydrogen-bond acceptors (Lipinski definition) is 4. The third-order valence-corrected chi connectivity index (χ3v) is 4.98. The largest absolute Gasteiger partial charge is 0.399 e. The van der Waals surface area contributed by atoms with Gasteiger partial charge in [-0.2, -0.15) is 0 Å². The van der Waals surface area contributed by atoms with Crippen LogP contribution in [0.2, 0.25) is 0 Å². The van der Waals surface area contributed by atoms with Gasteiger partial charge in [-0.25, -0.2) is 8.42 Å². The van der Waals surface area contributed by atoms with E-state index in [1.54, 1.807) is 19.1 Å². The molecule has 0 radical (unpaired) electrons. The summed E-state index contributed by atoms with van der Waals surface area (Å²) in [6.07, 6.45) is 0.718. The lowest BCUT2D eigenvalue weighted by Gasteiger charge is -2.24. The van der Waals surface area contributed by atoms with Crippen molar-refractivity contribution in [3.8, 4) is 0 Å². The number of nitrogen functional groups attached to an aromatic ring is 1. The van der Waals surface area contributed by atoms with Crippen LogP contribution in [-0.4, -0.2) is 25.6 Å². The molecule has 0 aliphatic carbocycles. The first-order chi connectivity index (χ1) is 9.07. The second-order valence-corrected chi connectivity index (χ2v) is 7.53. The minimum atomic E-state index is -3.69. The van der Waals surface area contributed by atoms with Crippen molar-refractivity contribution in [2.24, 2.45) is 0 Å². The minimum Gasteiger partial charge on any atom is -0.399 e. The molecule has 0 spiro atoms. The second kappa shape index (κ2) is 5.83. The van der Waals surface area contributed by atoms with E-state index in [1.165, 1.54) is 6.07 Å². The smallest absolute Gasteiger partial charge is 0.235 e. The third-order valence-electron chi connectivity index (χ3n) is 3.23. The van der Waals surface area contributed by atoms with E-state index in [4.69, 9.17) is 5.73 Å². The van der Waals surface area contributed by atoms with Gasteiger partial charge in [0, 0.05) is 11.2 Å². The fourth-order valence-electron chi connectivity index (χ4n) is 1.70. The zero-order valence-corrected chi connectivity index (χ0v) is 13.2. The third kappa shape index (κ3) is 4.23. The van der Waals surface area contributed by atoms with Crippen molar-refractivity contribution in [3.63, 3.8) is 0 Å². The van der Waals surface area contributed by atoms with Crippen molar-refractivity contribution in [1.29, 1.82) is 0 Å². The van der Waals surface area contributed by atoms with Crippen LogP contribution in [0.15, 0.2) is 23.1 Å². The van der Waals surface area contributed by atoms with Crippen LogP contribution >= 0.6 is 0 Å². The number of nitrogens with two attached hydrogens (primary N) is 1. The first kappa shape index (κ1) is 16.5. The number of rotatable bonds is 5. The molecular formula is C14H22N2O3S. The van der Waals surface area contributed by atoms with E-state index in [9.17, 15) is 13.2 Å². The highest BCUT2D eigenvalue weighted by Crippen LogP contribution is 2.20. The average molecular weight is 298 g/mol. The van der Waals surface area contributed by atoms with E-state index in [0.717, 1.165) is 6.42 Å². The first-order valence-electron chi connectivity index (χ1n) is 6.47. The van der Waals surface area contributed by atoms with Gasteiger partial charge in [0.05, 0.1) is 4.90 Å². The number of sulfone groups is 1. The quantitative estimate of drug-likeness (QED) is 0.809. The van der Waals surface area contributed by atoms with E-state index in [1.807, 2.05) is 20.8 Å². The molecule has 1 rings (SSSR count). The van der Waals surface area contributed by atoms with Crippen LogP contribution in [0.1, 0.15) is 32.8 Å². The van der Waals surface area contributed by atoms with Gasteiger partial charge in [-0.05, 0) is 44.9 Å². The summed E-state index contributed by atoms with van der Waals surface area (Å²) in [5, 5.41) is 2.72. The molecule has 0 saturated heterocycles. The molecule has 3 N–H and O–H groups in total. The molecule has 1 aromatic rings. The van der Waals surface area contributed by atoms with E-state index < -0.39 is 27.0 Å². The van der Waals surface area contributed by atoms with Crippen LogP contribution in [-0.2, 0) is 14.6 Å². The highest BCUT2D eigenvalue weighted by atomic mass is 32.2. The van der Waals surface area contributed by atoms with Crippen LogP contribution in [0.25, 0.3) is 0 Å². The average Bonchev–Trinajstić information content (AvgIpc) is 2.30. The standard InChI is InChI=1S/C14H22N2O3S/c1-5-14(3,4)16-13(17)9-20(18,19)12-8-11(15)7-6-10(12)2/h6-8H,5,9,15H2,1-4H3,(H,16,17). The Balaban J connectivity index is 2.96. The number of carbonyl (C=O) groups excluding carboxylic acids is 1. The highest BCUT2D eigenvalue weighted by Gasteiger charge is 2.25. The van der Waals surface area contributed by atoms with Crippen LogP contribution in [0.3, 0.4) is 0 Å². The molecule has 0 fully saturated rings. The van der Waals surface area contributed by atoms with Gasteiger partial charge in [0.2, 0.25) is 5.91 Å². The van der Waals surface area contributed by atoms with Gasteiger partial charge >= 0.3 is 0 Å². The van der Waals surface area contributed by atoms with Gasteiger partial charge < -0.3 is 11.1 Å². The van der Waals surface area contributed by atoms with Crippen molar-refractivity contribution in [3.05, 3.63) is 23.8 Å². The summed E-state index contributed by atoms with van der Waals surface area (Å²) in [4.78, 5) is 12.0. The maximum atomic E-state index is 12.3. The number of carbonyl (C=O) groups is 1. The summed E-state index contributed by atoms with van der Waals surface area (Å²) in [7, 11) is -3.69. The van der Waals surface area contributed by atoms with Crippen LogP contribution in [0.4, 0.5) is 5.69 Å². The number of hydrogen-bond donors (Lipinski definition) is 2. The molecule has 0 aliphatic heterocycles. The fraction of sp³-hybridized carbons (Fsp3) is 0.500. The van der Waals surface area contributed by atoms with Gasteiger partial charge in [0.25, 0.3) is 0 Å². The second-order valence-electron chi connectivity index (χ2n) is 5.57. The summed E-state index contributed by atoms with van der Waals surface area (Å²) >= 11 is 0. The van der Waals surface area contributed by atoms with Gasteiger partial charge in [-0.1, -0.05) is 13.0 Å². The van der Waals surface area contributed by atoms with Crippen LogP contribution < -0.4 is 11.1 Å². The summed E-state index contributed by atoms with van der Waals surface area (Å²) in [5.41, 5.74) is 6.14. The van der Waals surface area contributed by atoms with Gasteiger partial charge in [-0.15, -0.1) is 0 Å². The molecule has 1 amide bonds. The molecular weight excluding hydrogens is 276 g/mol. The molecule has 6 heteroatoms. The Bertz CT molecular complexity index is 607. The Morgan fingerprint density at radius 3 is 2.50 bits per heavy atom. The predicted octanol–water partition coefficient (Wildman–Crippen LogP) is 1.66. The van der Waals surface area contributed by atoms with Crippen molar-refractivity contribution in [1.82, 2.24) is 5.32 Å². The molecule has 0 aromatic heterocycles. The molecule has 0 unspecified atom stereocenters.